The molecule has 0 saturated carbocycles. The zero-order valence-electron chi connectivity index (χ0n) is 7.34. The number of hydrogen-bond donors (Lipinski definition) is 0. The zero-order chi connectivity index (χ0) is 9.68. The van der Waals surface area contributed by atoms with Crippen LogP contribution < -0.4 is 0 Å². The van der Waals surface area contributed by atoms with E-state index in [9.17, 15) is 8.76 Å². The lowest BCUT2D eigenvalue weighted by Crippen LogP contribution is -2.07. The molecule has 1 aromatic heterocycles. The van der Waals surface area contributed by atoms with Crippen molar-refractivity contribution in [2.45, 2.75) is 25.0 Å². The molecular weight excluding hydrogens is 188 g/mol. The lowest BCUT2D eigenvalue weighted by molar-refractivity contribution is 0.515. The summed E-state index contributed by atoms with van der Waals surface area (Å²) in [6.07, 6.45) is 5.94. The number of rotatable bonds is 4. The van der Waals surface area contributed by atoms with Gasteiger partial charge in [-0.1, -0.05) is 13.3 Å². The third-order valence-electron chi connectivity index (χ3n) is 1.70. The van der Waals surface area contributed by atoms with Crippen molar-refractivity contribution in [2.24, 2.45) is 0 Å². The molecule has 0 radical (unpaired) electrons. The van der Waals surface area contributed by atoms with E-state index in [2.05, 4.69) is 9.97 Å². The molecule has 0 fully saturated rings. The third-order valence-corrected chi connectivity index (χ3v) is 2.64. The number of aromatic nitrogens is 2. The first kappa shape index (κ1) is 10.3. The van der Waals surface area contributed by atoms with Crippen LogP contribution in [0.4, 0.5) is 0 Å². The van der Waals surface area contributed by atoms with Gasteiger partial charge in [0, 0.05) is 18.6 Å². The smallest absolute Gasteiger partial charge is 0.0730 e. The molecule has 1 rings (SSSR count). The summed E-state index contributed by atoms with van der Waals surface area (Å²) >= 11 is -2.11. The Morgan fingerprint density at radius 3 is 2.85 bits per heavy atom. The van der Waals surface area contributed by atoms with Gasteiger partial charge in [-0.2, -0.15) is 0 Å². The molecule has 0 bridgehead atoms. The molecule has 0 aromatic carbocycles. The summed E-state index contributed by atoms with van der Waals surface area (Å²) in [4.78, 5) is 7.80. The van der Waals surface area contributed by atoms with Crippen LogP contribution in [0.5, 0.6) is 0 Å². The van der Waals surface area contributed by atoms with E-state index in [1.165, 1.54) is 18.6 Å². The first-order valence-corrected chi connectivity index (χ1v) is 5.23. The summed E-state index contributed by atoms with van der Waals surface area (Å²) in [7, 11) is 0. The Labute approximate surface area is 79.7 Å². The highest BCUT2D eigenvalue weighted by Crippen LogP contribution is 2.20. The molecule has 5 heteroatoms. The number of nitrogens with zero attached hydrogens (tertiary/aromatic N) is 2. The molecule has 2 atom stereocenters. The Balaban J connectivity index is 2.82. The van der Waals surface area contributed by atoms with Gasteiger partial charge in [0.1, 0.15) is 0 Å². The molecule has 4 nitrogen and oxygen atoms in total. The Bertz CT molecular complexity index is 279. The first-order valence-electron chi connectivity index (χ1n) is 4.09. The monoisotopic (exact) mass is 199 g/mol. The second-order valence-electron chi connectivity index (χ2n) is 2.67. The van der Waals surface area contributed by atoms with Crippen LogP contribution >= 0.6 is 0 Å². The van der Waals surface area contributed by atoms with Crippen molar-refractivity contribution < 1.29 is 8.76 Å². The fourth-order valence-electron chi connectivity index (χ4n) is 1.08. The van der Waals surface area contributed by atoms with Gasteiger partial charge in [-0.3, -0.25) is 14.2 Å². The Kier molecular flexibility index (Phi) is 3.98. The van der Waals surface area contributed by atoms with Crippen LogP contribution in [0, 0.1) is 0 Å². The molecule has 0 aliphatic rings. The minimum atomic E-state index is -2.11. The van der Waals surface area contributed by atoms with Gasteiger partial charge < -0.3 is 4.55 Å². The number of hydrogen-bond acceptors (Lipinski definition) is 4. The first-order chi connectivity index (χ1) is 6.25. The van der Waals surface area contributed by atoms with Crippen molar-refractivity contribution in [1.29, 1.82) is 0 Å². The minimum absolute atomic E-state index is 0.515. The van der Waals surface area contributed by atoms with Gasteiger partial charge >= 0.3 is 0 Å². The fraction of sp³-hybridized carbons (Fsp3) is 0.500. The van der Waals surface area contributed by atoms with Crippen LogP contribution in [0.2, 0.25) is 0 Å². The minimum Gasteiger partial charge on any atom is -0.772 e. The van der Waals surface area contributed by atoms with E-state index in [1.807, 2.05) is 6.92 Å². The molecule has 1 heterocycles. The van der Waals surface area contributed by atoms with Crippen LogP contribution in [0.15, 0.2) is 18.6 Å². The van der Waals surface area contributed by atoms with Crippen molar-refractivity contribution in [3.8, 4) is 0 Å². The third kappa shape index (κ3) is 2.86. The summed E-state index contributed by atoms with van der Waals surface area (Å²) in [5.41, 5.74) is 0.526. The van der Waals surface area contributed by atoms with Gasteiger partial charge in [0.05, 0.1) is 10.9 Å². The zero-order valence-corrected chi connectivity index (χ0v) is 8.16. The molecule has 0 aliphatic heterocycles. The maximum Gasteiger partial charge on any atom is 0.0730 e. The molecule has 1 aromatic rings. The molecule has 0 saturated heterocycles. The maximum atomic E-state index is 10.8. The van der Waals surface area contributed by atoms with Crippen molar-refractivity contribution in [1.82, 2.24) is 9.97 Å². The van der Waals surface area contributed by atoms with Crippen molar-refractivity contribution in [2.75, 3.05) is 0 Å². The van der Waals surface area contributed by atoms with Crippen LogP contribution in [0.25, 0.3) is 0 Å². The normalized spacial score (nSPS) is 15.2. The highest BCUT2D eigenvalue weighted by Gasteiger charge is 2.12. The predicted octanol–water partition coefficient (Wildman–Crippen LogP) is 1.20. The predicted molar refractivity (Wildman–Crippen MR) is 48.6 cm³/mol. The second kappa shape index (κ2) is 5.04. The molecule has 72 valence electrons. The second-order valence-corrected chi connectivity index (χ2v) is 3.76. The molecule has 2 unspecified atom stereocenters. The molecule has 0 spiro atoms. The van der Waals surface area contributed by atoms with E-state index >= 15 is 0 Å². The summed E-state index contributed by atoms with van der Waals surface area (Å²) in [6.45, 7) is 1.94. The average Bonchev–Trinajstić information content (AvgIpc) is 2.15. The Hall–Kier alpha value is -0.810. The molecular formula is C8H11N2O2S-. The maximum absolute atomic E-state index is 10.8. The van der Waals surface area contributed by atoms with Crippen LogP contribution in [0.1, 0.15) is 30.7 Å². The highest BCUT2D eigenvalue weighted by atomic mass is 32.2. The van der Waals surface area contributed by atoms with Gasteiger partial charge in [0.15, 0.2) is 0 Å². The van der Waals surface area contributed by atoms with E-state index in [0.29, 0.717) is 12.1 Å². The van der Waals surface area contributed by atoms with E-state index in [0.717, 1.165) is 6.42 Å². The summed E-state index contributed by atoms with van der Waals surface area (Å²) < 4.78 is 21.6. The van der Waals surface area contributed by atoms with E-state index in [4.69, 9.17) is 0 Å². The molecule has 13 heavy (non-hydrogen) atoms. The van der Waals surface area contributed by atoms with E-state index in [-0.39, 0.29) is 0 Å². The summed E-state index contributed by atoms with van der Waals surface area (Å²) in [6, 6.07) is 0. The lowest BCUT2D eigenvalue weighted by atomic mass is 10.2. The Morgan fingerprint density at radius 1 is 1.62 bits per heavy atom. The van der Waals surface area contributed by atoms with Gasteiger partial charge in [0.25, 0.3) is 0 Å². The van der Waals surface area contributed by atoms with Gasteiger partial charge in [0.2, 0.25) is 0 Å². The van der Waals surface area contributed by atoms with Gasteiger partial charge in [-0.15, -0.1) is 0 Å². The largest absolute Gasteiger partial charge is 0.772 e. The van der Waals surface area contributed by atoms with Crippen molar-refractivity contribution in [3.05, 3.63) is 24.3 Å². The highest BCUT2D eigenvalue weighted by molar-refractivity contribution is 7.79. The summed E-state index contributed by atoms with van der Waals surface area (Å²) in [5.74, 6) is 0. The van der Waals surface area contributed by atoms with Crippen LogP contribution in [-0.2, 0) is 11.1 Å². The van der Waals surface area contributed by atoms with E-state index in [1.54, 1.807) is 0 Å². The van der Waals surface area contributed by atoms with Crippen molar-refractivity contribution in [3.63, 3.8) is 0 Å². The van der Waals surface area contributed by atoms with Gasteiger partial charge in [-0.05, 0) is 17.5 Å². The van der Waals surface area contributed by atoms with Gasteiger partial charge in [-0.25, -0.2) is 0 Å². The SMILES string of the molecule is CCCC(c1cnccn1)S(=O)[O-]. The average molecular weight is 199 g/mol. The fourth-order valence-corrected chi connectivity index (χ4v) is 1.83. The Morgan fingerprint density at radius 2 is 2.38 bits per heavy atom. The lowest BCUT2D eigenvalue weighted by Gasteiger charge is -2.17. The summed E-state index contributed by atoms with van der Waals surface area (Å²) in [5, 5.41) is -0.515. The van der Waals surface area contributed by atoms with Crippen LogP contribution in [0.3, 0.4) is 0 Å². The quantitative estimate of drug-likeness (QED) is 0.683. The molecule has 0 amide bonds. The standard InChI is InChI=1S/C8H12N2O2S/c1-2-3-8(13(11)12)7-6-9-4-5-10-7/h4-6,8H,2-3H2,1H3,(H,11,12)/p-1. The van der Waals surface area contributed by atoms with Crippen LogP contribution in [-0.4, -0.2) is 18.7 Å². The molecule has 0 aliphatic carbocycles. The topological polar surface area (TPSA) is 65.9 Å². The van der Waals surface area contributed by atoms with Crippen molar-refractivity contribution >= 4 is 11.1 Å². The van der Waals surface area contributed by atoms with E-state index < -0.39 is 16.3 Å². The molecule has 0 N–H and O–H groups in total.